The topological polar surface area (TPSA) is 82.3 Å². The second kappa shape index (κ2) is 8.51. The zero-order valence-electron chi connectivity index (χ0n) is 15.1. The summed E-state index contributed by atoms with van der Waals surface area (Å²) in [6.45, 7) is 1.56. The van der Waals surface area contributed by atoms with Gasteiger partial charge in [-0.05, 0) is 48.4 Å². The molecule has 0 unspecified atom stereocenters. The van der Waals surface area contributed by atoms with Crippen molar-refractivity contribution in [2.24, 2.45) is 5.73 Å². The first kappa shape index (κ1) is 20.9. The van der Waals surface area contributed by atoms with Crippen LogP contribution in [0.3, 0.4) is 0 Å². The lowest BCUT2D eigenvalue weighted by molar-refractivity contribution is -0.136. The van der Waals surface area contributed by atoms with Crippen molar-refractivity contribution < 1.29 is 22.7 Å². The quantitative estimate of drug-likeness (QED) is 0.677. The van der Waals surface area contributed by atoms with Crippen molar-refractivity contribution >= 4 is 17.3 Å². The number of amides is 1. The van der Waals surface area contributed by atoms with E-state index in [4.69, 9.17) is 9.53 Å². The number of nitrogens with two attached hydrogens (primary N) is 1. The largest absolute Gasteiger partial charge is 0.497 e. The first-order chi connectivity index (χ1) is 13.2. The Kier molecular flexibility index (Phi) is 6.35. The number of carbonyl (C=O) groups is 1. The van der Waals surface area contributed by atoms with Crippen LogP contribution in [0.2, 0.25) is 0 Å². The molecule has 28 heavy (non-hydrogen) atoms. The van der Waals surface area contributed by atoms with Crippen molar-refractivity contribution in [3.63, 3.8) is 0 Å². The summed E-state index contributed by atoms with van der Waals surface area (Å²) in [5.74, 6) is 0.614. The second-order valence-electron chi connectivity index (χ2n) is 5.70. The number of fused-ring (bicyclic) bond motifs is 1. The van der Waals surface area contributed by atoms with Crippen molar-refractivity contribution in [1.82, 2.24) is 4.98 Å². The minimum absolute atomic E-state index is 0.0164. The molecule has 8 heteroatoms. The molecule has 0 bridgehead atoms. The summed E-state index contributed by atoms with van der Waals surface area (Å²) in [5, 5.41) is -0.106. The number of hydrogen-bond acceptors (Lipinski definition) is 4. The van der Waals surface area contributed by atoms with Gasteiger partial charge in [-0.1, -0.05) is 18.2 Å². The fraction of sp³-hybridized carbons (Fsp3) is 0.150. The van der Waals surface area contributed by atoms with Crippen LogP contribution in [0.5, 0.6) is 5.75 Å². The highest BCUT2D eigenvalue weighted by Crippen LogP contribution is 2.35. The summed E-state index contributed by atoms with van der Waals surface area (Å²) < 4.78 is 45.1. The number of halogens is 3. The standard InChI is InChI=1S/C19H14F3NO2.CH3NO/c1-11-14(12-6-8-13(25-2)9-7-12)10-15-16(19(20,21)22)4-3-5-17(15)23-18(11)24;2-1-3/h3-10H,1-2H3;1H,(H2,2,3). The first-order valence-electron chi connectivity index (χ1n) is 8.04. The monoisotopic (exact) mass is 390 g/mol. The Morgan fingerprint density at radius 2 is 1.71 bits per heavy atom. The molecule has 0 saturated heterocycles. The fourth-order valence-corrected chi connectivity index (χ4v) is 2.68. The van der Waals surface area contributed by atoms with E-state index in [1.54, 1.807) is 31.2 Å². The predicted octanol–water partition coefficient (Wildman–Crippen LogP) is 3.70. The second-order valence-corrected chi connectivity index (χ2v) is 5.70. The molecule has 0 saturated carbocycles. The summed E-state index contributed by atoms with van der Waals surface area (Å²) in [6.07, 6.45) is -4.29. The van der Waals surface area contributed by atoms with Crippen LogP contribution in [0.1, 0.15) is 11.1 Å². The van der Waals surface area contributed by atoms with Crippen LogP contribution in [0.15, 0.2) is 53.3 Å². The van der Waals surface area contributed by atoms with E-state index in [1.165, 1.54) is 25.3 Å². The lowest BCUT2D eigenvalue weighted by Gasteiger charge is -2.09. The van der Waals surface area contributed by atoms with Crippen LogP contribution < -0.4 is 16.0 Å². The average Bonchev–Trinajstić information content (AvgIpc) is 2.78. The fourth-order valence-electron chi connectivity index (χ4n) is 2.68. The summed E-state index contributed by atoms with van der Waals surface area (Å²) in [5.41, 5.74) is 4.12. The lowest BCUT2D eigenvalue weighted by atomic mass is 10.0. The first-order valence-corrected chi connectivity index (χ1v) is 8.04. The van der Waals surface area contributed by atoms with Gasteiger partial charge in [0.2, 0.25) is 6.41 Å². The third-order valence-corrected chi connectivity index (χ3v) is 4.03. The lowest BCUT2D eigenvalue weighted by Crippen LogP contribution is -2.07. The van der Waals surface area contributed by atoms with Crippen LogP contribution in [0, 0.1) is 6.92 Å². The van der Waals surface area contributed by atoms with E-state index in [0.29, 0.717) is 16.9 Å². The highest BCUT2D eigenvalue weighted by atomic mass is 19.4. The molecule has 1 aromatic heterocycles. The van der Waals surface area contributed by atoms with Gasteiger partial charge in [-0.15, -0.1) is 0 Å². The molecular weight excluding hydrogens is 373 g/mol. The number of primary amides is 1. The molecule has 0 radical (unpaired) electrons. The highest BCUT2D eigenvalue weighted by Gasteiger charge is 2.32. The molecule has 2 N–H and O–H groups in total. The van der Waals surface area contributed by atoms with E-state index < -0.39 is 17.3 Å². The van der Waals surface area contributed by atoms with Crippen molar-refractivity contribution in [2.45, 2.75) is 13.1 Å². The van der Waals surface area contributed by atoms with E-state index in [0.717, 1.165) is 6.07 Å². The van der Waals surface area contributed by atoms with Gasteiger partial charge in [0.25, 0.3) is 5.56 Å². The van der Waals surface area contributed by atoms with Gasteiger partial charge in [0, 0.05) is 10.9 Å². The molecule has 1 amide bonds. The number of benzene rings is 2. The van der Waals surface area contributed by atoms with E-state index in [1.807, 2.05) is 0 Å². The number of ether oxygens (including phenoxy) is 1. The molecule has 0 atom stereocenters. The van der Waals surface area contributed by atoms with Crippen molar-refractivity contribution in [3.8, 4) is 16.9 Å². The third-order valence-electron chi connectivity index (χ3n) is 4.03. The molecule has 146 valence electrons. The van der Waals surface area contributed by atoms with Gasteiger partial charge in [0.1, 0.15) is 5.75 Å². The molecule has 0 aliphatic rings. The zero-order chi connectivity index (χ0) is 20.9. The zero-order valence-corrected chi connectivity index (χ0v) is 15.1. The molecule has 0 fully saturated rings. The Bertz CT molecular complexity index is 1050. The van der Waals surface area contributed by atoms with Crippen molar-refractivity contribution in [3.05, 3.63) is 70.0 Å². The van der Waals surface area contributed by atoms with Crippen LogP contribution in [-0.2, 0) is 11.0 Å². The minimum Gasteiger partial charge on any atom is -0.497 e. The predicted molar refractivity (Wildman–Crippen MR) is 100.0 cm³/mol. The number of alkyl halides is 3. The number of carbonyl (C=O) groups excluding carboxylic acids is 1. The van der Waals surface area contributed by atoms with Crippen LogP contribution >= 0.6 is 0 Å². The number of nitrogens with zero attached hydrogens (tertiary/aromatic N) is 1. The van der Waals surface area contributed by atoms with E-state index in [9.17, 15) is 18.0 Å². The Hall–Kier alpha value is -3.42. The number of hydrogen-bond donors (Lipinski definition) is 1. The molecule has 2 aromatic carbocycles. The van der Waals surface area contributed by atoms with Crippen LogP contribution in [-0.4, -0.2) is 18.5 Å². The maximum atomic E-state index is 13.4. The SMILES string of the molecule is COc1ccc(-c2cc3c(C(F)(F)F)cccc3nc(=O)c2C)cc1.NC=O. The maximum absolute atomic E-state index is 13.4. The normalized spacial score (nSPS) is 10.8. The summed E-state index contributed by atoms with van der Waals surface area (Å²) in [6, 6.07) is 11.8. The third kappa shape index (κ3) is 4.46. The van der Waals surface area contributed by atoms with Crippen LogP contribution in [0.4, 0.5) is 13.2 Å². The van der Waals surface area contributed by atoms with Gasteiger partial charge in [-0.2, -0.15) is 13.2 Å². The van der Waals surface area contributed by atoms with Gasteiger partial charge in [-0.3, -0.25) is 9.59 Å². The Morgan fingerprint density at radius 1 is 1.11 bits per heavy atom. The van der Waals surface area contributed by atoms with Crippen LogP contribution in [0.25, 0.3) is 22.0 Å². The Balaban J connectivity index is 0.000000878. The van der Waals surface area contributed by atoms with E-state index in [-0.39, 0.29) is 22.9 Å². The molecule has 0 spiro atoms. The van der Waals surface area contributed by atoms with Gasteiger partial charge >= 0.3 is 6.18 Å². The molecular formula is C20H17F3N2O3. The highest BCUT2D eigenvalue weighted by molar-refractivity contribution is 5.86. The summed E-state index contributed by atoms with van der Waals surface area (Å²) in [4.78, 5) is 24.7. The average molecular weight is 390 g/mol. The Labute approximate surface area is 158 Å². The van der Waals surface area contributed by atoms with E-state index >= 15 is 0 Å². The molecule has 3 rings (SSSR count). The Morgan fingerprint density at radius 3 is 2.25 bits per heavy atom. The number of rotatable bonds is 2. The number of aromatic nitrogens is 1. The smallest absolute Gasteiger partial charge is 0.417 e. The van der Waals surface area contributed by atoms with Gasteiger partial charge in [0.15, 0.2) is 0 Å². The van der Waals surface area contributed by atoms with Crippen molar-refractivity contribution in [1.29, 1.82) is 0 Å². The summed E-state index contributed by atoms with van der Waals surface area (Å²) >= 11 is 0. The van der Waals surface area contributed by atoms with Gasteiger partial charge in [-0.25, -0.2) is 4.98 Å². The van der Waals surface area contributed by atoms with Gasteiger partial charge in [0.05, 0.1) is 18.2 Å². The maximum Gasteiger partial charge on any atom is 0.417 e. The van der Waals surface area contributed by atoms with E-state index in [2.05, 4.69) is 10.7 Å². The molecule has 5 nitrogen and oxygen atoms in total. The van der Waals surface area contributed by atoms with Gasteiger partial charge < -0.3 is 10.5 Å². The number of methoxy groups -OCH3 is 1. The van der Waals surface area contributed by atoms with Crippen molar-refractivity contribution in [2.75, 3.05) is 7.11 Å². The summed E-state index contributed by atoms with van der Waals surface area (Å²) in [7, 11) is 1.52. The molecule has 0 aliphatic heterocycles. The molecule has 0 aliphatic carbocycles. The minimum atomic E-state index is -4.54. The molecule has 3 aromatic rings. The molecule has 1 heterocycles.